The summed E-state index contributed by atoms with van der Waals surface area (Å²) in [5.41, 5.74) is 2.09. The monoisotopic (exact) mass is 403 g/mol. The Hall–Kier alpha value is -4.07. The fourth-order valence-electron chi connectivity index (χ4n) is 2.85. The van der Waals surface area contributed by atoms with Crippen molar-refractivity contribution in [2.45, 2.75) is 13.5 Å². The number of benzene rings is 3. The van der Waals surface area contributed by atoms with Crippen molar-refractivity contribution in [3.63, 3.8) is 0 Å². The average Bonchev–Trinajstić information content (AvgIpc) is 3.20. The number of halogens is 1. The van der Waals surface area contributed by atoms with Crippen LogP contribution in [0.3, 0.4) is 0 Å². The van der Waals surface area contributed by atoms with Gasteiger partial charge in [-0.25, -0.2) is 4.39 Å². The summed E-state index contributed by atoms with van der Waals surface area (Å²) in [5.74, 6) is 0.274. The number of carbonyl (C=O) groups excluding carboxylic acids is 1. The number of nitrogens with zero attached hydrogens (tertiary/aromatic N) is 4. The molecule has 0 aliphatic carbocycles. The molecule has 0 atom stereocenters. The van der Waals surface area contributed by atoms with Gasteiger partial charge >= 0.3 is 0 Å². The molecule has 3 aromatic carbocycles. The molecule has 30 heavy (non-hydrogen) atoms. The number of nitrogens with one attached hydrogen (secondary N) is 1. The van der Waals surface area contributed by atoms with Gasteiger partial charge in [0.25, 0.3) is 5.91 Å². The largest absolute Gasteiger partial charge is 0.489 e. The summed E-state index contributed by atoms with van der Waals surface area (Å²) >= 11 is 0. The van der Waals surface area contributed by atoms with Gasteiger partial charge in [0.15, 0.2) is 5.82 Å². The normalized spacial score (nSPS) is 10.6. The summed E-state index contributed by atoms with van der Waals surface area (Å²) in [5, 5.41) is 13.8. The van der Waals surface area contributed by atoms with Crippen molar-refractivity contribution < 1.29 is 13.9 Å². The third-order valence-corrected chi connectivity index (χ3v) is 4.42. The molecule has 4 aromatic rings. The predicted molar refractivity (Wildman–Crippen MR) is 109 cm³/mol. The van der Waals surface area contributed by atoms with Crippen molar-refractivity contribution in [2.24, 2.45) is 0 Å². The highest BCUT2D eigenvalue weighted by atomic mass is 19.1. The molecule has 0 spiro atoms. The number of rotatable bonds is 6. The lowest BCUT2D eigenvalue weighted by Gasteiger charge is -2.10. The van der Waals surface area contributed by atoms with Crippen LogP contribution in [-0.2, 0) is 6.61 Å². The number of aryl methyl sites for hydroxylation is 1. The van der Waals surface area contributed by atoms with Crippen molar-refractivity contribution in [3.8, 4) is 11.4 Å². The molecule has 0 saturated carbocycles. The van der Waals surface area contributed by atoms with E-state index in [1.165, 1.54) is 22.9 Å². The van der Waals surface area contributed by atoms with E-state index in [1.807, 2.05) is 30.3 Å². The van der Waals surface area contributed by atoms with E-state index in [1.54, 1.807) is 31.2 Å². The number of anilines is 1. The first-order valence-corrected chi connectivity index (χ1v) is 9.23. The van der Waals surface area contributed by atoms with Crippen molar-refractivity contribution >= 4 is 11.6 Å². The van der Waals surface area contributed by atoms with Gasteiger partial charge in [0.05, 0.1) is 0 Å². The molecule has 0 unspecified atom stereocenters. The van der Waals surface area contributed by atoms with E-state index in [2.05, 4.69) is 20.8 Å². The molecule has 0 fully saturated rings. The number of hydrogen-bond donors (Lipinski definition) is 1. The molecule has 4 rings (SSSR count). The number of amides is 1. The molecule has 7 nitrogen and oxygen atoms in total. The van der Waals surface area contributed by atoms with Gasteiger partial charge in [-0.3, -0.25) is 4.79 Å². The van der Waals surface area contributed by atoms with Crippen LogP contribution in [0.2, 0.25) is 0 Å². The molecule has 0 bridgehead atoms. The van der Waals surface area contributed by atoms with Crippen LogP contribution in [0.4, 0.5) is 10.1 Å². The maximum Gasteiger partial charge on any atom is 0.255 e. The molecule has 1 heterocycles. The molecular formula is C22H18FN5O2. The molecule has 1 N–H and O–H groups in total. The van der Waals surface area contributed by atoms with E-state index in [0.29, 0.717) is 29.4 Å². The Balaban J connectivity index is 1.43. The Morgan fingerprint density at radius 1 is 1.07 bits per heavy atom. The Bertz CT molecular complexity index is 1160. The lowest BCUT2D eigenvalue weighted by Crippen LogP contribution is -2.13. The van der Waals surface area contributed by atoms with Crippen LogP contribution in [0, 0.1) is 12.7 Å². The van der Waals surface area contributed by atoms with E-state index < -0.39 is 5.82 Å². The molecule has 8 heteroatoms. The van der Waals surface area contributed by atoms with E-state index in [-0.39, 0.29) is 11.6 Å². The molecule has 0 aliphatic rings. The lowest BCUT2D eigenvalue weighted by atomic mass is 10.2. The van der Waals surface area contributed by atoms with E-state index in [4.69, 9.17) is 4.74 Å². The van der Waals surface area contributed by atoms with Crippen molar-refractivity contribution in [1.29, 1.82) is 0 Å². The Morgan fingerprint density at radius 2 is 1.83 bits per heavy atom. The second kappa shape index (κ2) is 8.52. The molecule has 0 aliphatic heterocycles. The Labute approximate surface area is 172 Å². The molecule has 150 valence electrons. The second-order valence-electron chi connectivity index (χ2n) is 6.56. The van der Waals surface area contributed by atoms with E-state index in [0.717, 1.165) is 5.56 Å². The van der Waals surface area contributed by atoms with Crippen LogP contribution < -0.4 is 10.1 Å². The molecule has 0 saturated heterocycles. The fourth-order valence-corrected chi connectivity index (χ4v) is 2.85. The van der Waals surface area contributed by atoms with Crippen LogP contribution in [0.25, 0.3) is 5.69 Å². The molecule has 1 amide bonds. The van der Waals surface area contributed by atoms with Crippen LogP contribution >= 0.6 is 0 Å². The highest BCUT2D eigenvalue weighted by Crippen LogP contribution is 2.20. The molecule has 0 radical (unpaired) electrons. The summed E-state index contributed by atoms with van der Waals surface area (Å²) < 4.78 is 21.2. The van der Waals surface area contributed by atoms with Gasteiger partial charge in [0.1, 0.15) is 23.9 Å². The first kappa shape index (κ1) is 19.3. The molecular weight excluding hydrogens is 385 g/mol. The molecule has 1 aromatic heterocycles. The highest BCUT2D eigenvalue weighted by Gasteiger charge is 2.12. The number of hydrogen-bond acceptors (Lipinski definition) is 5. The van der Waals surface area contributed by atoms with Gasteiger partial charge in [-0.05, 0) is 65.4 Å². The number of tetrazole rings is 1. The fraction of sp³-hybridized carbons (Fsp3) is 0.0909. The van der Waals surface area contributed by atoms with E-state index in [9.17, 15) is 9.18 Å². The highest BCUT2D eigenvalue weighted by molar-refractivity contribution is 6.04. The maximum atomic E-state index is 14.2. The van der Waals surface area contributed by atoms with Crippen molar-refractivity contribution in [3.05, 3.63) is 95.6 Å². The SMILES string of the molecule is Cc1nnnn1-c1cc(NC(=O)c2ccc(OCc3ccccc3)cc2)ccc1F. The van der Waals surface area contributed by atoms with Crippen LogP contribution in [0.15, 0.2) is 72.8 Å². The maximum absolute atomic E-state index is 14.2. The first-order valence-electron chi connectivity index (χ1n) is 9.23. The van der Waals surface area contributed by atoms with Crippen LogP contribution in [0.5, 0.6) is 5.75 Å². The van der Waals surface area contributed by atoms with Gasteiger partial charge in [0.2, 0.25) is 0 Å². The lowest BCUT2D eigenvalue weighted by molar-refractivity contribution is 0.102. The Kier molecular flexibility index (Phi) is 5.47. The van der Waals surface area contributed by atoms with Crippen molar-refractivity contribution in [2.75, 3.05) is 5.32 Å². The van der Waals surface area contributed by atoms with Crippen molar-refractivity contribution in [1.82, 2.24) is 20.2 Å². The van der Waals surface area contributed by atoms with Crippen LogP contribution in [0.1, 0.15) is 21.7 Å². The Morgan fingerprint density at radius 3 is 2.53 bits per heavy atom. The summed E-state index contributed by atoms with van der Waals surface area (Å²) in [6.45, 7) is 2.10. The summed E-state index contributed by atoms with van der Waals surface area (Å²) in [7, 11) is 0. The third-order valence-electron chi connectivity index (χ3n) is 4.42. The minimum atomic E-state index is -0.497. The minimum Gasteiger partial charge on any atom is -0.489 e. The average molecular weight is 403 g/mol. The number of ether oxygens (including phenoxy) is 1. The summed E-state index contributed by atoms with van der Waals surface area (Å²) in [4.78, 5) is 12.6. The quantitative estimate of drug-likeness (QED) is 0.527. The van der Waals surface area contributed by atoms with Gasteiger partial charge in [-0.2, -0.15) is 4.68 Å². The van der Waals surface area contributed by atoms with Gasteiger partial charge in [-0.15, -0.1) is 5.10 Å². The van der Waals surface area contributed by atoms with Gasteiger partial charge in [0, 0.05) is 11.3 Å². The minimum absolute atomic E-state index is 0.153. The summed E-state index contributed by atoms with van der Waals surface area (Å²) in [6, 6.07) is 20.8. The zero-order chi connectivity index (χ0) is 20.9. The zero-order valence-electron chi connectivity index (χ0n) is 16.1. The predicted octanol–water partition coefficient (Wildman–Crippen LogP) is 3.94. The summed E-state index contributed by atoms with van der Waals surface area (Å²) in [6.07, 6.45) is 0. The standard InChI is InChI=1S/C22H18FN5O2/c1-15-25-26-27-28(15)21-13-18(9-12-20(21)23)24-22(29)17-7-10-19(11-8-17)30-14-16-5-3-2-4-6-16/h2-13H,14H2,1H3,(H,24,29). The van der Waals surface area contributed by atoms with E-state index >= 15 is 0 Å². The van der Waals surface area contributed by atoms with Gasteiger partial charge < -0.3 is 10.1 Å². The number of aromatic nitrogens is 4. The van der Waals surface area contributed by atoms with Crippen LogP contribution in [-0.4, -0.2) is 26.1 Å². The zero-order valence-corrected chi connectivity index (χ0v) is 16.1. The topological polar surface area (TPSA) is 81.9 Å². The van der Waals surface area contributed by atoms with Gasteiger partial charge in [-0.1, -0.05) is 30.3 Å². The second-order valence-corrected chi connectivity index (χ2v) is 6.56. The smallest absolute Gasteiger partial charge is 0.255 e. The first-order chi connectivity index (χ1) is 14.6. The number of carbonyl (C=O) groups is 1. The third kappa shape index (κ3) is 4.33.